The minimum Gasteiger partial charge on any atom is -0.310 e. The molecule has 2 atom stereocenters. The summed E-state index contributed by atoms with van der Waals surface area (Å²) < 4.78 is 0. The van der Waals surface area contributed by atoms with Crippen LogP contribution < -0.4 is 10.6 Å². The van der Waals surface area contributed by atoms with Crippen LogP contribution in [0.25, 0.3) is 0 Å². The highest BCUT2D eigenvalue weighted by Gasteiger charge is 2.29. The molecule has 2 unspecified atom stereocenters. The zero-order valence-electron chi connectivity index (χ0n) is 12.4. The van der Waals surface area contributed by atoms with Crippen molar-refractivity contribution in [3.8, 4) is 0 Å². The van der Waals surface area contributed by atoms with Crippen molar-refractivity contribution in [2.75, 3.05) is 13.1 Å². The van der Waals surface area contributed by atoms with Gasteiger partial charge in [-0.1, -0.05) is 51.0 Å². The number of nitrogens with one attached hydrogen (secondary N) is 2. The lowest BCUT2D eigenvalue weighted by molar-refractivity contribution is 0.441. The predicted molar refractivity (Wildman–Crippen MR) is 82.4 cm³/mol. The van der Waals surface area contributed by atoms with Crippen LogP contribution in [0.1, 0.15) is 69.2 Å². The smallest absolute Gasteiger partial charge is 0.0341 e. The van der Waals surface area contributed by atoms with Crippen LogP contribution in [0.2, 0.25) is 0 Å². The van der Waals surface area contributed by atoms with Gasteiger partial charge in [0, 0.05) is 12.1 Å². The van der Waals surface area contributed by atoms with Crippen LogP contribution >= 0.6 is 0 Å². The molecule has 0 saturated heterocycles. The Morgan fingerprint density at radius 2 is 1.37 bits per heavy atom. The van der Waals surface area contributed by atoms with Crippen LogP contribution in [0.5, 0.6) is 0 Å². The first-order valence-corrected chi connectivity index (χ1v) is 7.92. The molecule has 0 heterocycles. The van der Waals surface area contributed by atoms with Gasteiger partial charge in [-0.2, -0.15) is 0 Å². The minimum absolute atomic E-state index is 0.543. The maximum Gasteiger partial charge on any atom is 0.0341 e. The molecule has 0 radical (unpaired) electrons. The summed E-state index contributed by atoms with van der Waals surface area (Å²) in [4.78, 5) is 0. The van der Waals surface area contributed by atoms with Gasteiger partial charge in [0.2, 0.25) is 0 Å². The van der Waals surface area contributed by atoms with Crippen molar-refractivity contribution in [1.29, 1.82) is 0 Å². The standard InChI is InChI=1S/C17H28N2/c1-3-5-11-18-16-13-17(19-12-6-4-2)15-10-8-7-9-14(15)16/h7-10,16-19H,3-6,11-13H2,1-2H3. The molecule has 1 aliphatic carbocycles. The third-order valence-corrected chi connectivity index (χ3v) is 4.06. The Hall–Kier alpha value is -0.860. The Morgan fingerprint density at radius 1 is 0.895 bits per heavy atom. The van der Waals surface area contributed by atoms with Crippen molar-refractivity contribution in [1.82, 2.24) is 10.6 Å². The van der Waals surface area contributed by atoms with Crippen LogP contribution in [-0.2, 0) is 0 Å². The molecule has 2 nitrogen and oxygen atoms in total. The highest BCUT2D eigenvalue weighted by atomic mass is 15.0. The zero-order valence-corrected chi connectivity index (χ0v) is 12.4. The fourth-order valence-electron chi connectivity index (χ4n) is 2.93. The van der Waals surface area contributed by atoms with Crippen LogP contribution in [-0.4, -0.2) is 13.1 Å². The summed E-state index contributed by atoms with van der Waals surface area (Å²) in [5.74, 6) is 0. The van der Waals surface area contributed by atoms with E-state index in [1.54, 1.807) is 0 Å². The van der Waals surface area contributed by atoms with Gasteiger partial charge in [-0.3, -0.25) is 0 Å². The van der Waals surface area contributed by atoms with Gasteiger partial charge in [-0.05, 0) is 43.5 Å². The number of fused-ring (bicyclic) bond motifs is 1. The van der Waals surface area contributed by atoms with E-state index in [2.05, 4.69) is 48.7 Å². The van der Waals surface area contributed by atoms with Crippen molar-refractivity contribution in [3.63, 3.8) is 0 Å². The third kappa shape index (κ3) is 3.80. The van der Waals surface area contributed by atoms with E-state index in [0.717, 1.165) is 13.1 Å². The predicted octanol–water partition coefficient (Wildman–Crippen LogP) is 3.95. The summed E-state index contributed by atoms with van der Waals surface area (Å²) in [5.41, 5.74) is 3.01. The van der Waals surface area contributed by atoms with Crippen molar-refractivity contribution in [3.05, 3.63) is 35.4 Å². The van der Waals surface area contributed by atoms with E-state index in [1.165, 1.54) is 43.2 Å². The van der Waals surface area contributed by atoms with Gasteiger partial charge >= 0.3 is 0 Å². The molecule has 1 aromatic rings. The molecule has 0 aliphatic heterocycles. The largest absolute Gasteiger partial charge is 0.310 e. The van der Waals surface area contributed by atoms with Gasteiger partial charge in [-0.15, -0.1) is 0 Å². The second-order valence-corrected chi connectivity index (χ2v) is 5.59. The Labute approximate surface area is 118 Å². The summed E-state index contributed by atoms with van der Waals surface area (Å²) in [5, 5.41) is 7.44. The van der Waals surface area contributed by atoms with E-state index in [4.69, 9.17) is 0 Å². The van der Waals surface area contributed by atoms with Crippen LogP contribution in [0.15, 0.2) is 24.3 Å². The molecule has 19 heavy (non-hydrogen) atoms. The molecule has 0 amide bonds. The Balaban J connectivity index is 1.97. The zero-order chi connectivity index (χ0) is 13.5. The molecule has 0 spiro atoms. The second kappa shape index (κ2) is 7.66. The highest BCUT2D eigenvalue weighted by molar-refractivity contribution is 5.37. The number of hydrogen-bond acceptors (Lipinski definition) is 2. The molecule has 2 N–H and O–H groups in total. The molecule has 0 bridgehead atoms. The molecule has 0 fully saturated rings. The quantitative estimate of drug-likeness (QED) is 0.692. The van der Waals surface area contributed by atoms with E-state index >= 15 is 0 Å². The topological polar surface area (TPSA) is 24.1 Å². The normalized spacial score (nSPS) is 21.6. The van der Waals surface area contributed by atoms with E-state index < -0.39 is 0 Å². The lowest BCUT2D eigenvalue weighted by Gasteiger charge is -2.15. The molecule has 1 aromatic carbocycles. The molecule has 0 saturated carbocycles. The molecule has 1 aliphatic rings. The first kappa shape index (κ1) is 14.5. The summed E-state index contributed by atoms with van der Waals surface area (Å²) in [6.07, 6.45) is 6.27. The number of benzene rings is 1. The van der Waals surface area contributed by atoms with Gasteiger partial charge in [0.1, 0.15) is 0 Å². The van der Waals surface area contributed by atoms with E-state index in [9.17, 15) is 0 Å². The van der Waals surface area contributed by atoms with Crippen molar-refractivity contribution >= 4 is 0 Å². The number of unbranched alkanes of at least 4 members (excludes halogenated alkanes) is 2. The van der Waals surface area contributed by atoms with Gasteiger partial charge < -0.3 is 10.6 Å². The molecule has 0 aromatic heterocycles. The molecule has 106 valence electrons. The van der Waals surface area contributed by atoms with Crippen LogP contribution in [0.3, 0.4) is 0 Å². The fraction of sp³-hybridized carbons (Fsp3) is 0.647. The summed E-state index contributed by atoms with van der Waals surface area (Å²) in [6.45, 7) is 6.77. The molecular formula is C17H28N2. The van der Waals surface area contributed by atoms with Gasteiger partial charge in [0.25, 0.3) is 0 Å². The van der Waals surface area contributed by atoms with Gasteiger partial charge in [-0.25, -0.2) is 0 Å². The third-order valence-electron chi connectivity index (χ3n) is 4.06. The van der Waals surface area contributed by atoms with E-state index in [1.807, 2.05) is 0 Å². The van der Waals surface area contributed by atoms with Crippen molar-refractivity contribution < 1.29 is 0 Å². The summed E-state index contributed by atoms with van der Waals surface area (Å²) in [7, 11) is 0. The maximum absolute atomic E-state index is 3.72. The molecule has 2 heteroatoms. The van der Waals surface area contributed by atoms with Crippen molar-refractivity contribution in [2.24, 2.45) is 0 Å². The molecule has 2 rings (SSSR count). The van der Waals surface area contributed by atoms with Crippen LogP contribution in [0.4, 0.5) is 0 Å². The van der Waals surface area contributed by atoms with E-state index in [-0.39, 0.29) is 0 Å². The molecular weight excluding hydrogens is 232 g/mol. The number of hydrogen-bond donors (Lipinski definition) is 2. The highest BCUT2D eigenvalue weighted by Crippen LogP contribution is 2.38. The van der Waals surface area contributed by atoms with Gasteiger partial charge in [0.15, 0.2) is 0 Å². The maximum atomic E-state index is 3.72. The lowest BCUT2D eigenvalue weighted by atomic mass is 10.1. The first-order valence-electron chi connectivity index (χ1n) is 7.92. The van der Waals surface area contributed by atoms with Gasteiger partial charge in [0.05, 0.1) is 0 Å². The lowest BCUT2D eigenvalue weighted by Crippen LogP contribution is -2.23. The summed E-state index contributed by atoms with van der Waals surface area (Å²) >= 11 is 0. The SMILES string of the molecule is CCCCNC1CC(NCCCC)c2ccccc21. The number of rotatable bonds is 8. The minimum atomic E-state index is 0.543. The van der Waals surface area contributed by atoms with Crippen LogP contribution in [0, 0.1) is 0 Å². The van der Waals surface area contributed by atoms with E-state index in [0.29, 0.717) is 12.1 Å². The first-order chi connectivity index (χ1) is 9.36. The Kier molecular flexibility index (Phi) is 5.87. The van der Waals surface area contributed by atoms with Crippen molar-refractivity contribution in [2.45, 2.75) is 58.0 Å². The fourth-order valence-corrected chi connectivity index (χ4v) is 2.93. The Bertz CT molecular complexity index is 340. The average Bonchev–Trinajstić information content (AvgIpc) is 2.79. The Morgan fingerprint density at radius 3 is 1.79 bits per heavy atom. The summed E-state index contributed by atoms with van der Waals surface area (Å²) in [6, 6.07) is 10.0. The average molecular weight is 260 g/mol. The second-order valence-electron chi connectivity index (χ2n) is 5.59. The monoisotopic (exact) mass is 260 g/mol.